The Morgan fingerprint density at radius 3 is 1.95 bits per heavy atom. The third-order valence-electron chi connectivity index (χ3n) is 3.88. The van der Waals surface area contributed by atoms with Gasteiger partial charge >= 0.3 is 0 Å². The zero-order valence-corrected chi connectivity index (χ0v) is 15.5. The molecule has 0 spiro atoms. The molecule has 21 heavy (non-hydrogen) atoms. The molecular formula is C20H29P. The molecule has 0 nitrogen and oxygen atoms in total. The largest absolute Gasteiger partial charge is 0.0772 e. The van der Waals surface area contributed by atoms with Crippen molar-refractivity contribution in [3.8, 4) is 0 Å². The number of benzene rings is 1. The Balaban J connectivity index is 2.56. The zero-order valence-electron chi connectivity index (χ0n) is 14.6. The Morgan fingerprint density at radius 2 is 1.48 bits per heavy atom. The Labute approximate surface area is 132 Å². The molecule has 114 valence electrons. The van der Waals surface area contributed by atoms with Crippen LogP contribution in [0.3, 0.4) is 0 Å². The summed E-state index contributed by atoms with van der Waals surface area (Å²) in [7, 11) is -0.253. The maximum absolute atomic E-state index is 2.40. The van der Waals surface area contributed by atoms with Crippen molar-refractivity contribution in [1.82, 2.24) is 0 Å². The molecule has 1 aliphatic carbocycles. The van der Waals surface area contributed by atoms with Gasteiger partial charge in [0.2, 0.25) is 0 Å². The molecule has 0 aliphatic heterocycles. The molecule has 0 atom stereocenters. The normalized spacial score (nSPS) is 16.2. The van der Waals surface area contributed by atoms with Crippen LogP contribution in [-0.2, 0) is 0 Å². The van der Waals surface area contributed by atoms with Gasteiger partial charge in [-0.15, -0.1) is 0 Å². The van der Waals surface area contributed by atoms with Gasteiger partial charge in [0.15, 0.2) is 0 Å². The van der Waals surface area contributed by atoms with Gasteiger partial charge in [-0.25, -0.2) is 0 Å². The summed E-state index contributed by atoms with van der Waals surface area (Å²) < 4.78 is 0. The van der Waals surface area contributed by atoms with Crippen LogP contribution < -0.4 is 5.30 Å². The van der Waals surface area contributed by atoms with Gasteiger partial charge in [-0.05, 0) is 40.1 Å². The Hall–Kier alpha value is -0.870. The van der Waals surface area contributed by atoms with Crippen LogP contribution in [0, 0.1) is 0 Å². The minimum Gasteiger partial charge on any atom is -0.0772 e. The van der Waals surface area contributed by atoms with E-state index in [0.717, 1.165) is 6.42 Å². The SMILES string of the molecule is CC1=CCC(c2ccccc2P(C(C)(C)C)C(C)(C)C)=C1. The van der Waals surface area contributed by atoms with Crippen molar-refractivity contribution in [2.24, 2.45) is 0 Å². The van der Waals surface area contributed by atoms with E-state index in [0.29, 0.717) is 10.3 Å². The summed E-state index contributed by atoms with van der Waals surface area (Å²) in [5.41, 5.74) is 4.36. The van der Waals surface area contributed by atoms with Crippen LogP contribution in [0.4, 0.5) is 0 Å². The topological polar surface area (TPSA) is 0 Å². The molecule has 0 radical (unpaired) electrons. The van der Waals surface area contributed by atoms with Crippen LogP contribution in [0.2, 0.25) is 0 Å². The second-order valence-electron chi connectivity index (χ2n) is 8.02. The van der Waals surface area contributed by atoms with Crippen molar-refractivity contribution in [3.63, 3.8) is 0 Å². The van der Waals surface area contributed by atoms with Gasteiger partial charge in [-0.3, -0.25) is 0 Å². The summed E-state index contributed by atoms with van der Waals surface area (Å²) in [6.07, 6.45) is 5.78. The average Bonchev–Trinajstić information content (AvgIpc) is 2.72. The Morgan fingerprint density at radius 1 is 0.905 bits per heavy atom. The van der Waals surface area contributed by atoms with E-state index in [1.165, 1.54) is 16.7 Å². The summed E-state index contributed by atoms with van der Waals surface area (Å²) in [6.45, 7) is 16.6. The fourth-order valence-corrected chi connectivity index (χ4v) is 7.67. The summed E-state index contributed by atoms with van der Waals surface area (Å²) in [5, 5.41) is 2.19. The van der Waals surface area contributed by atoms with Crippen LogP contribution in [0.15, 0.2) is 42.0 Å². The smallest absolute Gasteiger partial charge is 0.00855 e. The molecular weight excluding hydrogens is 271 g/mol. The molecule has 0 aromatic heterocycles. The van der Waals surface area contributed by atoms with E-state index >= 15 is 0 Å². The quantitative estimate of drug-likeness (QED) is 0.577. The lowest BCUT2D eigenvalue weighted by molar-refractivity contribution is 0.714. The summed E-state index contributed by atoms with van der Waals surface area (Å²) in [6, 6.07) is 9.08. The second-order valence-corrected chi connectivity index (χ2v) is 11.9. The minimum absolute atomic E-state index is 0.253. The highest BCUT2D eigenvalue weighted by Crippen LogP contribution is 2.59. The predicted molar refractivity (Wildman–Crippen MR) is 98.9 cm³/mol. The highest BCUT2D eigenvalue weighted by Gasteiger charge is 2.37. The van der Waals surface area contributed by atoms with Crippen LogP contribution >= 0.6 is 7.92 Å². The average molecular weight is 300 g/mol. The van der Waals surface area contributed by atoms with E-state index in [9.17, 15) is 0 Å². The third kappa shape index (κ3) is 3.67. The second kappa shape index (κ2) is 5.73. The number of rotatable bonds is 2. The van der Waals surface area contributed by atoms with Crippen LogP contribution in [0.1, 0.15) is 60.5 Å². The predicted octanol–water partition coefficient (Wildman–Crippen LogP) is 6.12. The maximum atomic E-state index is 2.40. The van der Waals surface area contributed by atoms with Crippen molar-refractivity contribution >= 4 is 18.8 Å². The Bertz CT molecular complexity index is 563. The first kappa shape index (κ1) is 16.5. The van der Waals surface area contributed by atoms with E-state index < -0.39 is 0 Å². The minimum atomic E-state index is -0.253. The first-order valence-electron chi connectivity index (χ1n) is 7.88. The molecule has 1 aromatic rings. The van der Waals surface area contributed by atoms with Crippen molar-refractivity contribution in [2.75, 3.05) is 0 Å². The van der Waals surface area contributed by atoms with E-state index in [-0.39, 0.29) is 7.92 Å². The lowest BCUT2D eigenvalue weighted by Crippen LogP contribution is -2.32. The molecule has 0 saturated carbocycles. The van der Waals surface area contributed by atoms with E-state index in [4.69, 9.17) is 0 Å². The fourth-order valence-electron chi connectivity index (χ4n) is 3.52. The molecule has 0 fully saturated rings. The lowest BCUT2D eigenvalue weighted by atomic mass is 10.1. The van der Waals surface area contributed by atoms with E-state index in [2.05, 4.69) is 84.9 Å². The summed E-state index contributed by atoms with van der Waals surface area (Å²) >= 11 is 0. The number of hydrogen-bond donors (Lipinski definition) is 0. The molecule has 1 aliphatic rings. The van der Waals surface area contributed by atoms with Crippen LogP contribution in [0.25, 0.3) is 5.57 Å². The molecule has 0 unspecified atom stereocenters. The first-order chi connectivity index (χ1) is 9.60. The standard InChI is InChI=1S/C20H29P/c1-15-12-13-16(14-15)17-10-8-9-11-18(17)21(19(2,3)4)20(5,6)7/h8-12,14H,13H2,1-7H3. The van der Waals surface area contributed by atoms with Crippen LogP contribution in [-0.4, -0.2) is 10.3 Å². The van der Waals surface area contributed by atoms with Gasteiger partial charge in [-0.2, -0.15) is 0 Å². The number of hydrogen-bond acceptors (Lipinski definition) is 0. The third-order valence-corrected chi connectivity index (χ3v) is 7.43. The van der Waals surface area contributed by atoms with Crippen molar-refractivity contribution < 1.29 is 0 Å². The van der Waals surface area contributed by atoms with Gasteiger partial charge in [-0.1, -0.05) is 91.5 Å². The maximum Gasteiger partial charge on any atom is -0.00855 e. The van der Waals surface area contributed by atoms with Gasteiger partial charge in [0, 0.05) is 0 Å². The summed E-state index contributed by atoms with van der Waals surface area (Å²) in [5.74, 6) is 0. The highest BCUT2D eigenvalue weighted by atomic mass is 31.1. The molecule has 2 rings (SSSR count). The fraction of sp³-hybridized carbons (Fsp3) is 0.500. The molecule has 1 aromatic carbocycles. The van der Waals surface area contributed by atoms with Crippen LogP contribution in [0.5, 0.6) is 0 Å². The summed E-state index contributed by atoms with van der Waals surface area (Å²) in [4.78, 5) is 0. The first-order valence-corrected chi connectivity index (χ1v) is 9.22. The van der Waals surface area contributed by atoms with Gasteiger partial charge in [0.05, 0.1) is 0 Å². The molecule has 1 heteroatoms. The van der Waals surface area contributed by atoms with E-state index in [1.54, 1.807) is 5.30 Å². The number of allylic oxidation sites excluding steroid dienone is 4. The molecule has 0 saturated heterocycles. The molecule has 0 N–H and O–H groups in total. The van der Waals surface area contributed by atoms with Gasteiger partial charge in [0.1, 0.15) is 0 Å². The molecule has 0 heterocycles. The van der Waals surface area contributed by atoms with Crippen molar-refractivity contribution in [1.29, 1.82) is 0 Å². The highest BCUT2D eigenvalue weighted by molar-refractivity contribution is 7.68. The monoisotopic (exact) mass is 300 g/mol. The molecule has 0 bridgehead atoms. The Kier molecular flexibility index (Phi) is 4.50. The van der Waals surface area contributed by atoms with Crippen molar-refractivity contribution in [2.45, 2.75) is 65.2 Å². The molecule has 0 amide bonds. The van der Waals surface area contributed by atoms with Gasteiger partial charge in [0.25, 0.3) is 0 Å². The lowest BCUT2D eigenvalue weighted by Gasteiger charge is -2.42. The zero-order chi connectivity index (χ0) is 15.8. The van der Waals surface area contributed by atoms with Crippen molar-refractivity contribution in [3.05, 3.63) is 47.6 Å². The van der Waals surface area contributed by atoms with Gasteiger partial charge < -0.3 is 0 Å². The van der Waals surface area contributed by atoms with E-state index in [1.807, 2.05) is 0 Å².